The van der Waals surface area contributed by atoms with Crippen LogP contribution in [0.5, 0.6) is 11.5 Å². The van der Waals surface area contributed by atoms with Crippen molar-refractivity contribution in [2.45, 2.75) is 10.6 Å². The molecule has 0 saturated heterocycles. The Balaban J connectivity index is 1.72. The van der Waals surface area contributed by atoms with E-state index in [0.717, 1.165) is 0 Å². The molecule has 0 fully saturated rings. The lowest BCUT2D eigenvalue weighted by Gasteiger charge is -2.08. The minimum atomic E-state index is -3.56. The number of sulfone groups is 1. The van der Waals surface area contributed by atoms with Crippen molar-refractivity contribution in [2.75, 3.05) is 5.32 Å². The first-order valence-electron chi connectivity index (χ1n) is 8.05. The Labute approximate surface area is 156 Å². The number of nitrogens with one attached hydrogen (secondary N) is 1. The fourth-order valence-electron chi connectivity index (χ4n) is 2.48. The molecule has 3 rings (SSSR count). The fourth-order valence-corrected chi connectivity index (χ4v) is 3.83. The number of phenols is 2. The molecule has 3 N–H and O–H groups in total. The van der Waals surface area contributed by atoms with Gasteiger partial charge in [-0.15, -0.1) is 0 Å². The molecule has 0 aliphatic rings. The zero-order valence-corrected chi connectivity index (χ0v) is 15.0. The van der Waals surface area contributed by atoms with E-state index in [9.17, 15) is 23.4 Å². The summed E-state index contributed by atoms with van der Waals surface area (Å²) in [5, 5.41) is 21.6. The minimum absolute atomic E-state index is 0.00577. The predicted molar refractivity (Wildman–Crippen MR) is 101 cm³/mol. The Morgan fingerprint density at radius 3 is 2.11 bits per heavy atom. The van der Waals surface area contributed by atoms with Crippen molar-refractivity contribution in [1.82, 2.24) is 0 Å². The summed E-state index contributed by atoms with van der Waals surface area (Å²) in [5.41, 5.74) is 1.16. The van der Waals surface area contributed by atoms with Gasteiger partial charge in [-0.1, -0.05) is 24.3 Å². The third-order valence-electron chi connectivity index (χ3n) is 3.92. The molecule has 0 aliphatic carbocycles. The summed E-state index contributed by atoms with van der Waals surface area (Å²) in [4.78, 5) is 12.4. The minimum Gasteiger partial charge on any atom is -0.508 e. The smallest absolute Gasteiger partial charge is 0.255 e. The van der Waals surface area contributed by atoms with Crippen LogP contribution in [0.3, 0.4) is 0 Å². The number of hydrogen-bond donors (Lipinski definition) is 3. The quantitative estimate of drug-likeness (QED) is 0.587. The van der Waals surface area contributed by atoms with Crippen LogP contribution in [0.15, 0.2) is 77.7 Å². The van der Waals surface area contributed by atoms with Gasteiger partial charge in [0.15, 0.2) is 9.84 Å². The average molecular weight is 383 g/mol. The van der Waals surface area contributed by atoms with Crippen molar-refractivity contribution in [2.24, 2.45) is 0 Å². The van der Waals surface area contributed by atoms with Gasteiger partial charge in [-0.05, 0) is 54.1 Å². The molecule has 0 heterocycles. The van der Waals surface area contributed by atoms with E-state index in [-0.39, 0.29) is 22.1 Å². The third kappa shape index (κ3) is 4.45. The maximum absolute atomic E-state index is 12.4. The molecule has 0 saturated carbocycles. The van der Waals surface area contributed by atoms with E-state index in [4.69, 9.17) is 0 Å². The molecular formula is C20H17NO5S. The Morgan fingerprint density at radius 2 is 1.48 bits per heavy atom. The number of anilines is 1. The van der Waals surface area contributed by atoms with Gasteiger partial charge in [0.1, 0.15) is 11.5 Å². The normalized spacial score (nSPS) is 11.1. The Bertz CT molecular complexity index is 1060. The molecule has 3 aromatic rings. The van der Waals surface area contributed by atoms with Gasteiger partial charge >= 0.3 is 0 Å². The highest BCUT2D eigenvalue weighted by molar-refractivity contribution is 7.90. The first-order chi connectivity index (χ1) is 12.8. The SMILES string of the molecule is O=C(Nc1ccccc1O)c1ccc(CS(=O)(=O)c2ccc(O)cc2)cc1. The molecule has 0 atom stereocenters. The topological polar surface area (TPSA) is 104 Å². The van der Waals surface area contributed by atoms with Gasteiger partial charge in [-0.25, -0.2) is 8.42 Å². The molecule has 138 valence electrons. The van der Waals surface area contributed by atoms with Gasteiger partial charge < -0.3 is 15.5 Å². The Kier molecular flexibility index (Phi) is 5.14. The lowest BCUT2D eigenvalue weighted by molar-refractivity contribution is 0.102. The molecule has 0 bridgehead atoms. The van der Waals surface area contributed by atoms with Gasteiger partial charge in [0, 0.05) is 5.56 Å². The van der Waals surface area contributed by atoms with E-state index in [1.807, 2.05) is 0 Å². The van der Waals surface area contributed by atoms with E-state index in [1.165, 1.54) is 42.5 Å². The summed E-state index contributed by atoms with van der Waals surface area (Å²) in [6.45, 7) is 0. The lowest BCUT2D eigenvalue weighted by atomic mass is 10.1. The van der Waals surface area contributed by atoms with E-state index in [0.29, 0.717) is 16.8 Å². The van der Waals surface area contributed by atoms with E-state index < -0.39 is 15.7 Å². The average Bonchev–Trinajstić information content (AvgIpc) is 2.64. The van der Waals surface area contributed by atoms with Crippen molar-refractivity contribution < 1.29 is 23.4 Å². The van der Waals surface area contributed by atoms with Gasteiger partial charge in [0.25, 0.3) is 5.91 Å². The van der Waals surface area contributed by atoms with Crippen LogP contribution in [0, 0.1) is 0 Å². The van der Waals surface area contributed by atoms with Gasteiger partial charge in [0.2, 0.25) is 0 Å². The zero-order valence-electron chi connectivity index (χ0n) is 14.2. The van der Waals surface area contributed by atoms with Crippen LogP contribution in [0.2, 0.25) is 0 Å². The molecular weight excluding hydrogens is 366 g/mol. The van der Waals surface area contributed by atoms with Crippen LogP contribution >= 0.6 is 0 Å². The number of carbonyl (C=O) groups excluding carboxylic acids is 1. The standard InChI is InChI=1S/C20H17NO5S/c22-16-9-11-17(12-10-16)27(25,26)13-14-5-7-15(8-6-14)20(24)21-18-3-1-2-4-19(18)23/h1-12,22-23H,13H2,(H,21,24). The number of aromatic hydroxyl groups is 2. The van der Waals surface area contributed by atoms with Gasteiger partial charge in [-0.3, -0.25) is 4.79 Å². The highest BCUT2D eigenvalue weighted by atomic mass is 32.2. The number of benzene rings is 3. The highest BCUT2D eigenvalue weighted by Crippen LogP contribution is 2.23. The van der Waals surface area contributed by atoms with Crippen LogP contribution < -0.4 is 5.32 Å². The van der Waals surface area contributed by atoms with Crippen molar-refractivity contribution >= 4 is 21.4 Å². The second-order valence-corrected chi connectivity index (χ2v) is 7.91. The van der Waals surface area contributed by atoms with Crippen molar-refractivity contribution in [1.29, 1.82) is 0 Å². The molecule has 7 heteroatoms. The maximum Gasteiger partial charge on any atom is 0.255 e. The summed E-state index contributed by atoms with van der Waals surface area (Å²) in [6, 6.07) is 17.9. The molecule has 27 heavy (non-hydrogen) atoms. The number of rotatable bonds is 5. The monoisotopic (exact) mass is 383 g/mol. The van der Waals surface area contributed by atoms with Crippen molar-refractivity contribution in [3.63, 3.8) is 0 Å². The molecule has 0 spiro atoms. The highest BCUT2D eigenvalue weighted by Gasteiger charge is 2.16. The summed E-state index contributed by atoms with van der Waals surface area (Å²) < 4.78 is 24.8. The van der Waals surface area contributed by atoms with Crippen LogP contribution in [-0.2, 0) is 15.6 Å². The summed E-state index contributed by atoms with van der Waals surface area (Å²) >= 11 is 0. The fraction of sp³-hybridized carbons (Fsp3) is 0.0500. The van der Waals surface area contributed by atoms with E-state index in [1.54, 1.807) is 30.3 Å². The number of amides is 1. The largest absolute Gasteiger partial charge is 0.508 e. The second kappa shape index (κ2) is 7.51. The summed E-state index contributed by atoms with van der Waals surface area (Å²) in [7, 11) is -3.56. The van der Waals surface area contributed by atoms with Crippen molar-refractivity contribution in [3.05, 3.63) is 83.9 Å². The second-order valence-electron chi connectivity index (χ2n) is 5.92. The Morgan fingerprint density at radius 1 is 0.852 bits per heavy atom. The Hall–Kier alpha value is -3.32. The summed E-state index contributed by atoms with van der Waals surface area (Å²) in [5.74, 6) is -0.681. The van der Waals surface area contributed by atoms with Crippen LogP contribution in [0.1, 0.15) is 15.9 Å². The van der Waals surface area contributed by atoms with Crippen LogP contribution in [-0.4, -0.2) is 24.5 Å². The molecule has 6 nitrogen and oxygen atoms in total. The van der Waals surface area contributed by atoms with E-state index >= 15 is 0 Å². The molecule has 0 unspecified atom stereocenters. The van der Waals surface area contributed by atoms with Gasteiger partial charge in [0.05, 0.1) is 16.3 Å². The number of para-hydroxylation sites is 2. The van der Waals surface area contributed by atoms with Crippen LogP contribution in [0.4, 0.5) is 5.69 Å². The first kappa shape index (κ1) is 18.5. The van der Waals surface area contributed by atoms with Crippen LogP contribution in [0.25, 0.3) is 0 Å². The maximum atomic E-state index is 12.4. The molecule has 1 amide bonds. The zero-order chi connectivity index (χ0) is 19.4. The number of phenolic OH excluding ortho intramolecular Hbond substituents is 2. The molecule has 0 aromatic heterocycles. The summed E-state index contributed by atoms with van der Waals surface area (Å²) in [6.07, 6.45) is 0. The van der Waals surface area contributed by atoms with E-state index in [2.05, 4.69) is 5.32 Å². The lowest BCUT2D eigenvalue weighted by Crippen LogP contribution is -2.12. The molecule has 0 aliphatic heterocycles. The third-order valence-corrected chi connectivity index (χ3v) is 5.62. The molecule has 0 radical (unpaired) electrons. The molecule has 3 aromatic carbocycles. The predicted octanol–water partition coefficient (Wildman–Crippen LogP) is 3.32. The van der Waals surface area contributed by atoms with Gasteiger partial charge in [-0.2, -0.15) is 0 Å². The number of carbonyl (C=O) groups is 1. The number of hydrogen-bond acceptors (Lipinski definition) is 5. The van der Waals surface area contributed by atoms with Crippen molar-refractivity contribution in [3.8, 4) is 11.5 Å². The first-order valence-corrected chi connectivity index (χ1v) is 9.70.